The topological polar surface area (TPSA) is 74.4 Å². The molecule has 5 nitrogen and oxygen atoms in total. The average Bonchev–Trinajstić information content (AvgIpc) is 2.77. The summed E-state index contributed by atoms with van der Waals surface area (Å²) in [4.78, 5) is 24.4. The number of aromatic nitrogens is 4. The van der Waals surface area contributed by atoms with Gasteiger partial charge in [0.2, 0.25) is 0 Å². The van der Waals surface area contributed by atoms with Gasteiger partial charge in [-0.3, -0.25) is 4.79 Å². The van der Waals surface area contributed by atoms with Crippen LogP contribution in [0.2, 0.25) is 0 Å². The van der Waals surface area contributed by atoms with Crippen molar-refractivity contribution in [3.63, 3.8) is 0 Å². The summed E-state index contributed by atoms with van der Waals surface area (Å²) in [6.07, 6.45) is 6.23. The molecule has 6 heteroatoms. The first-order valence-electron chi connectivity index (χ1n) is 3.41. The molecule has 0 aliphatic heterocycles. The van der Waals surface area contributed by atoms with Crippen molar-refractivity contribution in [1.29, 1.82) is 0 Å². The van der Waals surface area contributed by atoms with E-state index >= 15 is 0 Å². The number of aromatic amines is 2. The molecule has 0 bridgehead atoms. The Hall–Kier alpha value is -0.910. The summed E-state index contributed by atoms with van der Waals surface area (Å²) in [5.74, 6) is 0.361. The van der Waals surface area contributed by atoms with Crippen LogP contribution in [0.1, 0.15) is 16.4 Å². The molecule has 2 N–H and O–H groups in total. The molecule has 2 heterocycles. The van der Waals surface area contributed by atoms with Gasteiger partial charge in [-0.05, 0) is 0 Å². The van der Waals surface area contributed by atoms with Gasteiger partial charge in [0.1, 0.15) is 0 Å². The Labute approximate surface area is 96.3 Å². The van der Waals surface area contributed by atoms with Crippen molar-refractivity contribution in [2.24, 2.45) is 0 Å². The Morgan fingerprint density at radius 3 is 1.85 bits per heavy atom. The summed E-state index contributed by atoms with van der Waals surface area (Å²) in [6, 6.07) is 0. The third-order valence-electron chi connectivity index (χ3n) is 1.43. The molecule has 0 aromatic carbocycles. The van der Waals surface area contributed by atoms with Crippen molar-refractivity contribution in [1.82, 2.24) is 19.9 Å². The van der Waals surface area contributed by atoms with Crippen LogP contribution in [-0.2, 0) is 0 Å². The second kappa shape index (κ2) is 4.36. The predicted molar refractivity (Wildman–Crippen MR) is 46.4 cm³/mol. The van der Waals surface area contributed by atoms with Crippen LogP contribution in [0.4, 0.5) is 0 Å². The van der Waals surface area contributed by atoms with Crippen LogP contribution in [-0.4, -0.2) is 55.3 Å². The molecule has 0 spiro atoms. The van der Waals surface area contributed by atoms with E-state index in [-0.39, 0.29) is 35.3 Å². The number of H-pyrrole nitrogens is 2. The first-order chi connectivity index (χ1) is 5.88. The van der Waals surface area contributed by atoms with E-state index in [0.29, 0.717) is 11.6 Å². The van der Waals surface area contributed by atoms with Crippen molar-refractivity contribution < 1.29 is 4.79 Å². The van der Waals surface area contributed by atoms with E-state index in [0.717, 1.165) is 0 Å². The fourth-order valence-electron chi connectivity index (χ4n) is 0.891. The standard InChI is InChI=1S/C7H6N4O.Na/c12-5(6-8-1-2-9-6)7-10-3-4-11-7;/h1-4H,(H,8,9)(H,10,11);. The molecule has 1 radical (unpaired) electrons. The van der Waals surface area contributed by atoms with E-state index in [1.807, 2.05) is 0 Å². The largest absolute Gasteiger partial charge is 0.342 e. The number of rotatable bonds is 2. The van der Waals surface area contributed by atoms with Crippen LogP contribution < -0.4 is 0 Å². The molecule has 2 aromatic rings. The number of hydrogen-bond donors (Lipinski definition) is 2. The van der Waals surface area contributed by atoms with Crippen LogP contribution in [0, 0.1) is 0 Å². The smallest absolute Gasteiger partial charge is 0.263 e. The fraction of sp³-hybridized carbons (Fsp3) is 0. The van der Waals surface area contributed by atoms with Crippen molar-refractivity contribution in [2.75, 3.05) is 0 Å². The van der Waals surface area contributed by atoms with E-state index in [1.54, 1.807) is 12.4 Å². The van der Waals surface area contributed by atoms with Gasteiger partial charge in [-0.25, -0.2) is 9.97 Å². The molecule has 0 atom stereocenters. The van der Waals surface area contributed by atoms with Crippen LogP contribution in [0.5, 0.6) is 0 Å². The van der Waals surface area contributed by atoms with Gasteiger partial charge < -0.3 is 9.97 Å². The van der Waals surface area contributed by atoms with Gasteiger partial charge in [0.15, 0.2) is 11.6 Å². The molecule has 0 fully saturated rings. The molecule has 0 saturated heterocycles. The zero-order valence-corrected chi connectivity index (χ0v) is 9.11. The monoisotopic (exact) mass is 185 g/mol. The van der Waals surface area contributed by atoms with E-state index in [4.69, 9.17) is 0 Å². The van der Waals surface area contributed by atoms with Crippen LogP contribution in [0.25, 0.3) is 0 Å². The maximum atomic E-state index is 11.4. The molecule has 0 saturated carbocycles. The minimum Gasteiger partial charge on any atom is -0.342 e. The Morgan fingerprint density at radius 1 is 1.08 bits per heavy atom. The number of hydrogen-bond acceptors (Lipinski definition) is 3. The van der Waals surface area contributed by atoms with Crippen LogP contribution >= 0.6 is 0 Å². The molecule has 0 amide bonds. The summed E-state index contributed by atoms with van der Waals surface area (Å²) in [5, 5.41) is 0. The number of nitrogens with zero attached hydrogens (tertiary/aromatic N) is 2. The summed E-state index contributed by atoms with van der Waals surface area (Å²) in [6.45, 7) is 0. The molecule has 61 valence electrons. The second-order valence-electron chi connectivity index (χ2n) is 2.20. The average molecular weight is 185 g/mol. The number of carbonyl (C=O) groups excluding carboxylic acids is 1. The first-order valence-corrected chi connectivity index (χ1v) is 3.41. The Balaban J connectivity index is 0.000000845. The second-order valence-corrected chi connectivity index (χ2v) is 2.20. The van der Waals surface area contributed by atoms with Gasteiger partial charge >= 0.3 is 0 Å². The molecule has 13 heavy (non-hydrogen) atoms. The Morgan fingerprint density at radius 2 is 1.54 bits per heavy atom. The molecule has 0 unspecified atom stereocenters. The quantitative estimate of drug-likeness (QED) is 0.510. The van der Waals surface area contributed by atoms with Crippen molar-refractivity contribution in [3.05, 3.63) is 36.4 Å². The predicted octanol–water partition coefficient (Wildman–Crippen LogP) is -0.0170. The third kappa shape index (κ3) is 2.06. The summed E-state index contributed by atoms with van der Waals surface area (Å²) >= 11 is 0. The normalized spacial score (nSPS) is 9.23. The SMILES string of the molecule is O=C(c1ncc[nH]1)c1ncc[nH]1.[Na]. The van der Waals surface area contributed by atoms with E-state index < -0.39 is 0 Å². The number of nitrogens with one attached hydrogen (secondary N) is 2. The molecular formula is C7H6N4NaO. The van der Waals surface area contributed by atoms with Gasteiger partial charge in [0.25, 0.3) is 5.78 Å². The first kappa shape index (κ1) is 10.2. The van der Waals surface area contributed by atoms with E-state index in [2.05, 4.69) is 19.9 Å². The van der Waals surface area contributed by atoms with E-state index in [9.17, 15) is 4.79 Å². The minimum atomic E-state index is -0.231. The molecule has 0 aliphatic rings. The molecule has 2 rings (SSSR count). The van der Waals surface area contributed by atoms with Crippen molar-refractivity contribution >= 4 is 35.3 Å². The van der Waals surface area contributed by atoms with Gasteiger partial charge in [-0.1, -0.05) is 0 Å². The van der Waals surface area contributed by atoms with Gasteiger partial charge in [0, 0.05) is 54.3 Å². The Bertz CT molecular complexity index is 331. The van der Waals surface area contributed by atoms with Crippen molar-refractivity contribution in [3.8, 4) is 0 Å². The zero-order chi connectivity index (χ0) is 8.39. The fourth-order valence-corrected chi connectivity index (χ4v) is 0.891. The molecule has 0 aliphatic carbocycles. The van der Waals surface area contributed by atoms with Crippen LogP contribution in [0.15, 0.2) is 24.8 Å². The molecule has 2 aromatic heterocycles. The zero-order valence-electron chi connectivity index (χ0n) is 7.11. The van der Waals surface area contributed by atoms with Gasteiger partial charge in [0.05, 0.1) is 0 Å². The molecular weight excluding hydrogens is 179 g/mol. The summed E-state index contributed by atoms with van der Waals surface area (Å²) < 4.78 is 0. The van der Waals surface area contributed by atoms with E-state index in [1.165, 1.54) is 12.4 Å². The van der Waals surface area contributed by atoms with Crippen molar-refractivity contribution in [2.45, 2.75) is 0 Å². The minimum absolute atomic E-state index is 0. The number of ketones is 1. The number of carbonyl (C=O) groups is 1. The van der Waals surface area contributed by atoms with Gasteiger partial charge in [-0.15, -0.1) is 0 Å². The Kier molecular flexibility index (Phi) is 3.41. The van der Waals surface area contributed by atoms with Crippen LogP contribution in [0.3, 0.4) is 0 Å². The van der Waals surface area contributed by atoms with Gasteiger partial charge in [-0.2, -0.15) is 0 Å². The number of imidazole rings is 2. The maximum Gasteiger partial charge on any atom is 0.263 e. The maximum absolute atomic E-state index is 11.4. The summed E-state index contributed by atoms with van der Waals surface area (Å²) in [5.41, 5.74) is 0. The third-order valence-corrected chi connectivity index (χ3v) is 1.43. The summed E-state index contributed by atoms with van der Waals surface area (Å²) in [7, 11) is 0.